The lowest BCUT2D eigenvalue weighted by Gasteiger charge is -2.19. The summed E-state index contributed by atoms with van der Waals surface area (Å²) >= 11 is 0. The molecule has 0 aliphatic carbocycles. The van der Waals surface area contributed by atoms with Crippen molar-refractivity contribution in [2.75, 3.05) is 23.4 Å². The maximum atomic E-state index is 12.7. The van der Waals surface area contributed by atoms with E-state index in [1.807, 2.05) is 11.9 Å². The number of nitrogens with zero attached hydrogens (tertiary/aromatic N) is 5. The average molecular weight is 480 g/mol. The first-order chi connectivity index (χ1) is 16.5. The van der Waals surface area contributed by atoms with Gasteiger partial charge >= 0.3 is 5.97 Å². The van der Waals surface area contributed by atoms with Crippen LogP contribution in [0.1, 0.15) is 49.2 Å². The molecule has 0 bridgehead atoms. The van der Waals surface area contributed by atoms with Crippen LogP contribution < -0.4 is 16.4 Å². The monoisotopic (exact) mass is 479 g/mol. The van der Waals surface area contributed by atoms with Crippen molar-refractivity contribution in [1.29, 1.82) is 0 Å². The summed E-state index contributed by atoms with van der Waals surface area (Å²) in [5.74, 6) is -2.23. The van der Waals surface area contributed by atoms with Crippen LogP contribution in [0, 0.1) is 11.8 Å². The van der Waals surface area contributed by atoms with Gasteiger partial charge in [-0.05, 0) is 30.7 Å². The molecule has 0 aliphatic rings. The summed E-state index contributed by atoms with van der Waals surface area (Å²) in [6, 6.07) is 6.87. The zero-order valence-corrected chi connectivity index (χ0v) is 19.9. The summed E-state index contributed by atoms with van der Waals surface area (Å²) in [4.78, 5) is 54.7. The average Bonchev–Trinajstić information content (AvgIpc) is 2.81. The minimum absolute atomic E-state index is 0.00784. The van der Waals surface area contributed by atoms with E-state index in [2.05, 4.69) is 19.9 Å². The quantitative estimate of drug-likeness (QED) is 0.344. The Bertz CT molecular complexity index is 1240. The van der Waals surface area contributed by atoms with Crippen LogP contribution in [-0.2, 0) is 16.1 Å². The predicted octanol–water partition coefficient (Wildman–Crippen LogP) is 2.50. The SMILES string of the molecule is CC(C)C(=O)CC[C@H](CC(=O)c1ccc(N(C)Cc2cnc3nc(N)nc(N)c3n2)cc1)C(=O)O. The molecule has 0 aliphatic heterocycles. The van der Waals surface area contributed by atoms with Gasteiger partial charge in [0.25, 0.3) is 0 Å². The lowest BCUT2D eigenvalue weighted by molar-refractivity contribution is -0.142. The third-order valence-electron chi connectivity index (χ3n) is 5.69. The number of Topliss-reactive ketones (excluding diaryl/α,β-unsaturated/α-hetero) is 2. The molecule has 2 aromatic heterocycles. The first-order valence-electron chi connectivity index (χ1n) is 11.2. The Labute approximate surface area is 202 Å². The Hall–Kier alpha value is -4.15. The molecular formula is C24H29N7O4. The normalized spacial score (nSPS) is 12.0. The van der Waals surface area contributed by atoms with Crippen LogP contribution in [0.4, 0.5) is 17.5 Å². The van der Waals surface area contributed by atoms with E-state index in [4.69, 9.17) is 11.5 Å². The van der Waals surface area contributed by atoms with Gasteiger partial charge in [0.15, 0.2) is 22.8 Å². The molecule has 0 radical (unpaired) electrons. The van der Waals surface area contributed by atoms with Crippen molar-refractivity contribution in [3.8, 4) is 0 Å². The summed E-state index contributed by atoms with van der Waals surface area (Å²) in [6.45, 7) is 3.95. The Morgan fingerprint density at radius 2 is 1.74 bits per heavy atom. The molecular weight excluding hydrogens is 450 g/mol. The van der Waals surface area contributed by atoms with Gasteiger partial charge in [0.2, 0.25) is 5.95 Å². The molecule has 2 heterocycles. The second-order valence-corrected chi connectivity index (χ2v) is 8.73. The van der Waals surface area contributed by atoms with Gasteiger partial charge in [-0.25, -0.2) is 9.97 Å². The number of nitrogens with two attached hydrogens (primary N) is 2. The molecule has 11 heteroatoms. The Kier molecular flexibility index (Phi) is 7.90. The predicted molar refractivity (Wildman–Crippen MR) is 132 cm³/mol. The lowest BCUT2D eigenvalue weighted by Crippen LogP contribution is -2.20. The van der Waals surface area contributed by atoms with Crippen LogP contribution in [0.15, 0.2) is 30.5 Å². The van der Waals surface area contributed by atoms with Crippen LogP contribution in [0.5, 0.6) is 0 Å². The molecule has 0 spiro atoms. The lowest BCUT2D eigenvalue weighted by atomic mass is 9.91. The fourth-order valence-electron chi connectivity index (χ4n) is 3.55. The summed E-state index contributed by atoms with van der Waals surface area (Å²) in [5.41, 5.74) is 14.0. The van der Waals surface area contributed by atoms with Gasteiger partial charge in [0, 0.05) is 37.1 Å². The summed E-state index contributed by atoms with van der Waals surface area (Å²) in [5, 5.41) is 9.47. The number of fused-ring (bicyclic) bond motifs is 1. The van der Waals surface area contributed by atoms with Gasteiger partial charge in [0.05, 0.1) is 24.4 Å². The summed E-state index contributed by atoms with van der Waals surface area (Å²) in [6.07, 6.45) is 1.72. The van der Waals surface area contributed by atoms with Crippen molar-refractivity contribution in [3.05, 3.63) is 41.7 Å². The maximum absolute atomic E-state index is 12.7. The van der Waals surface area contributed by atoms with E-state index in [0.717, 1.165) is 5.69 Å². The molecule has 5 N–H and O–H groups in total. The molecule has 0 fully saturated rings. The number of benzene rings is 1. The van der Waals surface area contributed by atoms with E-state index in [1.54, 1.807) is 44.3 Å². The van der Waals surface area contributed by atoms with Crippen LogP contribution in [0.3, 0.4) is 0 Å². The number of carbonyl (C=O) groups is 3. The highest BCUT2D eigenvalue weighted by Gasteiger charge is 2.23. The van der Waals surface area contributed by atoms with Gasteiger partial charge in [-0.2, -0.15) is 9.97 Å². The highest BCUT2D eigenvalue weighted by Crippen LogP contribution is 2.21. The molecule has 0 unspecified atom stereocenters. The fourth-order valence-corrected chi connectivity index (χ4v) is 3.55. The number of nitrogen functional groups attached to an aromatic ring is 2. The number of hydrogen-bond acceptors (Lipinski definition) is 10. The summed E-state index contributed by atoms with van der Waals surface area (Å²) < 4.78 is 0. The molecule has 11 nitrogen and oxygen atoms in total. The molecule has 3 rings (SSSR count). The maximum Gasteiger partial charge on any atom is 0.306 e. The molecule has 3 aromatic rings. The van der Waals surface area contributed by atoms with E-state index in [1.165, 1.54) is 0 Å². The van der Waals surface area contributed by atoms with E-state index >= 15 is 0 Å². The van der Waals surface area contributed by atoms with Crippen molar-refractivity contribution in [2.24, 2.45) is 11.8 Å². The van der Waals surface area contributed by atoms with Gasteiger partial charge < -0.3 is 21.5 Å². The number of ketones is 2. The van der Waals surface area contributed by atoms with Crippen molar-refractivity contribution >= 4 is 46.2 Å². The van der Waals surface area contributed by atoms with Gasteiger partial charge in [-0.15, -0.1) is 0 Å². The highest BCUT2D eigenvalue weighted by atomic mass is 16.4. The molecule has 1 aromatic carbocycles. The molecule has 1 atom stereocenters. The number of carboxylic acids is 1. The van der Waals surface area contributed by atoms with Crippen molar-refractivity contribution in [1.82, 2.24) is 19.9 Å². The third-order valence-corrected chi connectivity index (χ3v) is 5.69. The van der Waals surface area contributed by atoms with Crippen molar-refractivity contribution < 1.29 is 19.5 Å². The van der Waals surface area contributed by atoms with Gasteiger partial charge in [-0.3, -0.25) is 14.4 Å². The number of aliphatic carboxylic acids is 1. The smallest absolute Gasteiger partial charge is 0.306 e. The number of carboxylic acid groups (broad SMARTS) is 1. The Morgan fingerprint density at radius 3 is 2.37 bits per heavy atom. The van der Waals surface area contributed by atoms with Crippen LogP contribution in [0.25, 0.3) is 11.2 Å². The van der Waals surface area contributed by atoms with Gasteiger partial charge in [-0.1, -0.05) is 13.8 Å². The van der Waals surface area contributed by atoms with Crippen LogP contribution >= 0.6 is 0 Å². The van der Waals surface area contributed by atoms with E-state index < -0.39 is 11.9 Å². The summed E-state index contributed by atoms with van der Waals surface area (Å²) in [7, 11) is 1.86. The number of carbonyl (C=O) groups excluding carboxylic acids is 2. The van der Waals surface area contributed by atoms with Crippen LogP contribution in [0.2, 0.25) is 0 Å². The van der Waals surface area contributed by atoms with E-state index in [-0.39, 0.29) is 48.5 Å². The minimum Gasteiger partial charge on any atom is -0.481 e. The zero-order chi connectivity index (χ0) is 25.7. The molecule has 35 heavy (non-hydrogen) atoms. The van der Waals surface area contributed by atoms with E-state index in [0.29, 0.717) is 29.0 Å². The number of rotatable bonds is 11. The Balaban J connectivity index is 1.65. The Morgan fingerprint density at radius 1 is 1.06 bits per heavy atom. The molecule has 0 amide bonds. The number of hydrogen-bond donors (Lipinski definition) is 3. The minimum atomic E-state index is -1.07. The first kappa shape index (κ1) is 25.5. The topological polar surface area (TPSA) is 178 Å². The first-order valence-corrected chi connectivity index (χ1v) is 11.2. The number of aromatic nitrogens is 4. The number of anilines is 3. The molecule has 0 saturated heterocycles. The van der Waals surface area contributed by atoms with Gasteiger partial charge in [0.1, 0.15) is 5.78 Å². The van der Waals surface area contributed by atoms with Crippen molar-refractivity contribution in [2.45, 2.75) is 39.7 Å². The zero-order valence-electron chi connectivity index (χ0n) is 19.9. The highest BCUT2D eigenvalue weighted by molar-refractivity contribution is 5.98. The molecule has 184 valence electrons. The van der Waals surface area contributed by atoms with Crippen LogP contribution in [-0.4, -0.2) is 49.6 Å². The second kappa shape index (κ2) is 10.9. The third kappa shape index (κ3) is 6.46. The molecule has 0 saturated carbocycles. The second-order valence-electron chi connectivity index (χ2n) is 8.73. The van der Waals surface area contributed by atoms with E-state index in [9.17, 15) is 19.5 Å². The van der Waals surface area contributed by atoms with Crippen molar-refractivity contribution in [3.63, 3.8) is 0 Å². The largest absolute Gasteiger partial charge is 0.481 e. The fraction of sp³-hybridized carbons (Fsp3) is 0.375. The standard InChI is InChI=1S/C24H29N7O4/c1-13(2)18(32)9-6-15(23(34)35)10-19(33)14-4-7-17(8-5-14)31(3)12-16-11-27-22-20(28-16)21(25)29-24(26)30-22/h4-5,7-8,11,13,15H,6,9-10,12H2,1-3H3,(H,34,35)(H4,25,26,27,29,30)/t15-/m1/s1.